The summed E-state index contributed by atoms with van der Waals surface area (Å²) in [6, 6.07) is 11.3. The van der Waals surface area contributed by atoms with Crippen molar-refractivity contribution in [3.8, 4) is 5.75 Å². The van der Waals surface area contributed by atoms with Crippen LogP contribution in [0.5, 0.6) is 5.75 Å². The van der Waals surface area contributed by atoms with Gasteiger partial charge in [-0.25, -0.2) is 0 Å². The van der Waals surface area contributed by atoms with Gasteiger partial charge in [0.15, 0.2) is 5.96 Å². The van der Waals surface area contributed by atoms with Gasteiger partial charge in [0.2, 0.25) is 23.6 Å². The zero-order valence-corrected chi connectivity index (χ0v) is 23.8. The number of nitrogens with one attached hydrogen (secondary N) is 3. The number of phenolic OH excluding ortho intramolecular Hbond substituents is 1. The number of phenols is 1. The van der Waals surface area contributed by atoms with Gasteiger partial charge >= 0.3 is 0 Å². The van der Waals surface area contributed by atoms with E-state index in [1.165, 1.54) is 12.1 Å². The van der Waals surface area contributed by atoms with Gasteiger partial charge in [-0.05, 0) is 48.9 Å². The molecule has 2 aromatic carbocycles. The molecule has 228 valence electrons. The molecule has 4 amide bonds. The maximum Gasteiger partial charge on any atom is 0.243 e. The monoisotopic (exact) mass is 582 g/mol. The lowest BCUT2D eigenvalue weighted by Gasteiger charge is -2.25. The number of carbonyl (C=O) groups is 4. The van der Waals surface area contributed by atoms with E-state index in [0.717, 1.165) is 11.1 Å². The zero-order valence-electron chi connectivity index (χ0n) is 23.8. The fraction of sp³-hybridized carbons (Fsp3) is 0.414. The van der Waals surface area contributed by atoms with Gasteiger partial charge in [0.25, 0.3) is 0 Å². The third-order valence-electron chi connectivity index (χ3n) is 6.46. The molecule has 2 aromatic rings. The summed E-state index contributed by atoms with van der Waals surface area (Å²) >= 11 is 0. The van der Waals surface area contributed by atoms with Crippen molar-refractivity contribution in [1.29, 1.82) is 0 Å². The van der Waals surface area contributed by atoms with E-state index in [9.17, 15) is 24.3 Å². The van der Waals surface area contributed by atoms with Crippen molar-refractivity contribution >= 4 is 29.6 Å². The first-order valence-corrected chi connectivity index (χ1v) is 13.8. The molecule has 0 aromatic heterocycles. The smallest absolute Gasteiger partial charge is 0.243 e. The molecule has 0 unspecified atom stereocenters. The standard InChI is InChI=1S/C29H42N8O5/c1-2-7-22(25(31)39)35-28(42)24(17-18-8-4-3-5-9-18)37-27(41)23(10-6-15-34-29(32)33)36-26(40)21(30)16-19-11-13-20(38)14-12-19/h3-5,8-9,11-14,21-24,38H,2,6-7,10,15-17,30H2,1H3,(H2,31,39)(H,35,42)(H,36,40)(H,37,41)(H4,32,33,34)/t21-,22-,23+,24-/m0/s1. The van der Waals surface area contributed by atoms with Crippen LogP contribution in [-0.2, 0) is 32.0 Å². The van der Waals surface area contributed by atoms with Crippen LogP contribution in [0.1, 0.15) is 43.7 Å². The molecule has 0 heterocycles. The summed E-state index contributed by atoms with van der Waals surface area (Å²) in [5, 5.41) is 17.5. The highest BCUT2D eigenvalue weighted by atomic mass is 16.3. The maximum atomic E-state index is 13.5. The number of aromatic hydroxyl groups is 1. The van der Waals surface area contributed by atoms with E-state index in [1.54, 1.807) is 36.4 Å². The van der Waals surface area contributed by atoms with Crippen LogP contribution < -0.4 is 38.9 Å². The fourth-order valence-electron chi connectivity index (χ4n) is 4.21. The molecule has 0 fully saturated rings. The van der Waals surface area contributed by atoms with E-state index >= 15 is 0 Å². The Bertz CT molecular complexity index is 1200. The van der Waals surface area contributed by atoms with Crippen molar-refractivity contribution in [2.24, 2.45) is 27.9 Å². The maximum absolute atomic E-state index is 13.5. The third kappa shape index (κ3) is 11.8. The Morgan fingerprint density at radius 3 is 1.93 bits per heavy atom. The van der Waals surface area contributed by atoms with E-state index in [0.29, 0.717) is 19.3 Å². The Labute approximate surface area is 245 Å². The summed E-state index contributed by atoms with van der Waals surface area (Å²) in [4.78, 5) is 55.6. The molecular formula is C29H42N8O5. The minimum absolute atomic E-state index is 0.0835. The van der Waals surface area contributed by atoms with Gasteiger partial charge in [-0.3, -0.25) is 24.2 Å². The Balaban J connectivity index is 2.22. The largest absolute Gasteiger partial charge is 0.508 e. The average Bonchev–Trinajstić information content (AvgIpc) is 2.95. The first-order chi connectivity index (χ1) is 20.0. The molecule has 0 spiro atoms. The average molecular weight is 583 g/mol. The molecule has 4 atom stereocenters. The Hall–Kier alpha value is -4.65. The highest BCUT2D eigenvalue weighted by molar-refractivity contribution is 5.94. The topological polar surface area (TPSA) is 241 Å². The van der Waals surface area contributed by atoms with Gasteiger partial charge in [-0.15, -0.1) is 0 Å². The van der Waals surface area contributed by atoms with Crippen LogP contribution in [0.2, 0.25) is 0 Å². The van der Waals surface area contributed by atoms with E-state index < -0.39 is 47.8 Å². The van der Waals surface area contributed by atoms with Crippen LogP contribution >= 0.6 is 0 Å². The zero-order chi connectivity index (χ0) is 31.1. The lowest BCUT2D eigenvalue weighted by Crippen LogP contribution is -2.58. The van der Waals surface area contributed by atoms with E-state index in [1.807, 2.05) is 13.0 Å². The summed E-state index contributed by atoms with van der Waals surface area (Å²) < 4.78 is 0. The molecule has 0 aliphatic rings. The summed E-state index contributed by atoms with van der Waals surface area (Å²) in [5.41, 5.74) is 23.9. The second kappa shape index (κ2) is 17.2. The molecule has 0 bridgehead atoms. The highest BCUT2D eigenvalue weighted by Gasteiger charge is 2.30. The van der Waals surface area contributed by atoms with Crippen molar-refractivity contribution < 1.29 is 24.3 Å². The van der Waals surface area contributed by atoms with Gasteiger partial charge in [0.1, 0.15) is 23.9 Å². The van der Waals surface area contributed by atoms with Crippen molar-refractivity contribution in [3.63, 3.8) is 0 Å². The molecule has 0 radical (unpaired) electrons. The van der Waals surface area contributed by atoms with E-state index in [2.05, 4.69) is 20.9 Å². The lowest BCUT2D eigenvalue weighted by molar-refractivity contribution is -0.133. The summed E-state index contributed by atoms with van der Waals surface area (Å²) in [6.45, 7) is 2.07. The summed E-state index contributed by atoms with van der Waals surface area (Å²) in [5.74, 6) is -2.48. The van der Waals surface area contributed by atoms with Crippen molar-refractivity contribution in [2.45, 2.75) is 69.6 Å². The third-order valence-corrected chi connectivity index (χ3v) is 6.46. The Kier molecular flexibility index (Phi) is 13.8. The molecule has 0 saturated heterocycles. The molecule has 13 nitrogen and oxygen atoms in total. The van der Waals surface area contributed by atoms with Crippen LogP contribution in [-0.4, -0.2) is 65.4 Å². The lowest BCUT2D eigenvalue weighted by atomic mass is 10.0. The van der Waals surface area contributed by atoms with Crippen LogP contribution in [0.25, 0.3) is 0 Å². The SMILES string of the molecule is CCC[C@H](NC(=O)[C@H](Cc1ccccc1)NC(=O)[C@@H](CCCN=C(N)N)NC(=O)[C@@H](N)Cc1ccc(O)cc1)C(N)=O. The van der Waals surface area contributed by atoms with Gasteiger partial charge in [0.05, 0.1) is 6.04 Å². The number of primary amides is 1. The molecule has 0 saturated carbocycles. The van der Waals surface area contributed by atoms with Crippen LogP contribution in [0.3, 0.4) is 0 Å². The number of aliphatic imine (C=N–C) groups is 1. The first kappa shape index (κ1) is 33.6. The minimum atomic E-state index is -1.07. The molecule has 42 heavy (non-hydrogen) atoms. The number of benzene rings is 2. The van der Waals surface area contributed by atoms with Gasteiger partial charge in [0, 0.05) is 13.0 Å². The van der Waals surface area contributed by atoms with Gasteiger partial charge in [-0.1, -0.05) is 55.8 Å². The van der Waals surface area contributed by atoms with Gasteiger partial charge in [-0.2, -0.15) is 0 Å². The normalized spacial score (nSPS) is 13.6. The molecule has 13 heteroatoms. The number of nitrogens with zero attached hydrogens (tertiary/aromatic N) is 1. The summed E-state index contributed by atoms with van der Waals surface area (Å²) in [6.07, 6.45) is 1.75. The molecule has 2 rings (SSSR count). The van der Waals surface area contributed by atoms with E-state index in [4.69, 9.17) is 22.9 Å². The van der Waals surface area contributed by atoms with Gasteiger partial charge < -0.3 is 44.0 Å². The second-order valence-electron chi connectivity index (χ2n) is 9.99. The predicted molar refractivity (Wildman–Crippen MR) is 160 cm³/mol. The number of hydrogen-bond acceptors (Lipinski definition) is 7. The number of nitrogens with two attached hydrogens (primary N) is 4. The van der Waals surface area contributed by atoms with Crippen molar-refractivity contribution in [1.82, 2.24) is 16.0 Å². The second-order valence-corrected chi connectivity index (χ2v) is 9.99. The molecule has 0 aliphatic carbocycles. The van der Waals surface area contributed by atoms with Crippen LogP contribution in [0.4, 0.5) is 0 Å². The fourth-order valence-corrected chi connectivity index (χ4v) is 4.21. The highest BCUT2D eigenvalue weighted by Crippen LogP contribution is 2.12. The number of amides is 4. The number of hydrogen-bond donors (Lipinski definition) is 8. The minimum Gasteiger partial charge on any atom is -0.508 e. The Morgan fingerprint density at radius 2 is 1.33 bits per heavy atom. The number of rotatable bonds is 17. The Morgan fingerprint density at radius 1 is 0.762 bits per heavy atom. The number of guanidine groups is 1. The van der Waals surface area contributed by atoms with Crippen LogP contribution in [0.15, 0.2) is 59.6 Å². The number of carbonyl (C=O) groups excluding carboxylic acids is 4. The van der Waals surface area contributed by atoms with Crippen molar-refractivity contribution in [2.75, 3.05) is 6.54 Å². The van der Waals surface area contributed by atoms with Crippen LogP contribution in [0, 0.1) is 0 Å². The molecule has 0 aliphatic heterocycles. The first-order valence-electron chi connectivity index (χ1n) is 13.8. The van der Waals surface area contributed by atoms with Crippen molar-refractivity contribution in [3.05, 3.63) is 65.7 Å². The predicted octanol–water partition coefficient (Wildman–Crippen LogP) is -0.702. The summed E-state index contributed by atoms with van der Waals surface area (Å²) in [7, 11) is 0. The molecule has 12 N–H and O–H groups in total. The molecular weight excluding hydrogens is 540 g/mol. The quantitative estimate of drug-likeness (QED) is 0.0672. The van der Waals surface area contributed by atoms with E-state index in [-0.39, 0.29) is 37.5 Å².